The van der Waals surface area contributed by atoms with E-state index in [2.05, 4.69) is 24.1 Å². The van der Waals surface area contributed by atoms with Crippen molar-refractivity contribution in [2.45, 2.75) is 58.4 Å². The fourth-order valence-electron chi connectivity index (χ4n) is 3.00. The molecule has 1 rings (SSSR count). The molecule has 0 spiro atoms. The summed E-state index contributed by atoms with van der Waals surface area (Å²) >= 11 is 0. The maximum atomic E-state index is 12.1. The molecule has 0 aromatic heterocycles. The van der Waals surface area contributed by atoms with Gasteiger partial charge in [-0.3, -0.25) is 14.5 Å². The highest BCUT2D eigenvalue weighted by molar-refractivity contribution is 5.79. The van der Waals surface area contributed by atoms with Crippen molar-refractivity contribution in [2.24, 2.45) is 5.92 Å². The fraction of sp³-hybridized carbons (Fsp3) is 0.882. The highest BCUT2D eigenvalue weighted by atomic mass is 16.2. The van der Waals surface area contributed by atoms with Gasteiger partial charge in [-0.05, 0) is 39.3 Å². The van der Waals surface area contributed by atoms with Crippen LogP contribution in [0.5, 0.6) is 0 Å². The van der Waals surface area contributed by atoms with E-state index in [-0.39, 0.29) is 23.8 Å². The predicted molar refractivity (Wildman–Crippen MR) is 89.6 cm³/mol. The van der Waals surface area contributed by atoms with Crippen LogP contribution in [0, 0.1) is 5.92 Å². The Kier molecular flexibility index (Phi) is 8.46. The van der Waals surface area contributed by atoms with Gasteiger partial charge in [0.25, 0.3) is 0 Å². The zero-order valence-corrected chi connectivity index (χ0v) is 14.7. The minimum atomic E-state index is 0.112. The molecule has 0 saturated carbocycles. The van der Waals surface area contributed by atoms with E-state index in [1.54, 1.807) is 4.90 Å². The fourth-order valence-corrected chi connectivity index (χ4v) is 3.00. The van der Waals surface area contributed by atoms with Crippen LogP contribution in [0.2, 0.25) is 0 Å². The molecular formula is C17H33N3O2. The Morgan fingerprint density at radius 1 is 1.23 bits per heavy atom. The number of amides is 2. The molecule has 0 aromatic carbocycles. The summed E-state index contributed by atoms with van der Waals surface area (Å²) in [6.07, 6.45) is 6.39. The molecule has 0 bridgehead atoms. The van der Waals surface area contributed by atoms with Crippen LogP contribution in [0.15, 0.2) is 0 Å². The third-order valence-electron chi connectivity index (χ3n) is 4.39. The Hall–Kier alpha value is -1.10. The van der Waals surface area contributed by atoms with Crippen molar-refractivity contribution >= 4 is 11.8 Å². The summed E-state index contributed by atoms with van der Waals surface area (Å²) in [5.74, 6) is 0.456. The molecule has 2 amide bonds. The third-order valence-corrected chi connectivity index (χ3v) is 4.39. The van der Waals surface area contributed by atoms with E-state index in [0.717, 1.165) is 32.4 Å². The summed E-state index contributed by atoms with van der Waals surface area (Å²) in [5, 5.41) is 3.08. The van der Waals surface area contributed by atoms with Crippen LogP contribution in [0.4, 0.5) is 0 Å². The van der Waals surface area contributed by atoms with E-state index >= 15 is 0 Å². The van der Waals surface area contributed by atoms with Gasteiger partial charge in [0.05, 0.1) is 6.54 Å². The zero-order chi connectivity index (χ0) is 16.5. The van der Waals surface area contributed by atoms with E-state index in [1.807, 2.05) is 14.1 Å². The molecule has 1 N–H and O–H groups in total. The lowest BCUT2D eigenvalue weighted by atomic mass is 9.95. The van der Waals surface area contributed by atoms with Crippen molar-refractivity contribution in [1.29, 1.82) is 0 Å². The van der Waals surface area contributed by atoms with Crippen molar-refractivity contribution in [2.75, 3.05) is 33.7 Å². The number of unbranched alkanes of at least 4 members (excludes halogenated alkanes) is 2. The van der Waals surface area contributed by atoms with Crippen LogP contribution in [-0.2, 0) is 9.59 Å². The second-order valence-corrected chi connectivity index (χ2v) is 6.75. The number of piperidine rings is 1. The van der Waals surface area contributed by atoms with Gasteiger partial charge >= 0.3 is 0 Å². The summed E-state index contributed by atoms with van der Waals surface area (Å²) < 4.78 is 0. The van der Waals surface area contributed by atoms with Crippen molar-refractivity contribution in [3.8, 4) is 0 Å². The summed E-state index contributed by atoms with van der Waals surface area (Å²) in [4.78, 5) is 27.8. The highest BCUT2D eigenvalue weighted by Crippen LogP contribution is 2.18. The Labute approximate surface area is 135 Å². The average Bonchev–Trinajstić information content (AvgIpc) is 2.47. The Balaban J connectivity index is 2.23. The largest absolute Gasteiger partial charge is 0.353 e. The number of hydrogen-bond acceptors (Lipinski definition) is 3. The Morgan fingerprint density at radius 2 is 1.86 bits per heavy atom. The second-order valence-electron chi connectivity index (χ2n) is 6.75. The smallest absolute Gasteiger partial charge is 0.234 e. The normalized spacial score (nSPS) is 18.0. The minimum absolute atomic E-state index is 0.112. The van der Waals surface area contributed by atoms with Crippen LogP contribution in [-0.4, -0.2) is 61.4 Å². The topological polar surface area (TPSA) is 52.7 Å². The summed E-state index contributed by atoms with van der Waals surface area (Å²) in [5.41, 5.74) is 0. The van der Waals surface area contributed by atoms with Crippen molar-refractivity contribution < 1.29 is 9.59 Å². The van der Waals surface area contributed by atoms with Gasteiger partial charge in [0.2, 0.25) is 11.8 Å². The van der Waals surface area contributed by atoms with Crippen molar-refractivity contribution in [1.82, 2.24) is 15.1 Å². The molecule has 22 heavy (non-hydrogen) atoms. The molecule has 1 aliphatic rings. The van der Waals surface area contributed by atoms with E-state index in [1.165, 1.54) is 19.3 Å². The van der Waals surface area contributed by atoms with E-state index < -0.39 is 0 Å². The Bertz CT molecular complexity index is 350. The maximum Gasteiger partial charge on any atom is 0.234 e. The molecule has 1 aliphatic heterocycles. The first-order chi connectivity index (χ1) is 10.4. The summed E-state index contributed by atoms with van der Waals surface area (Å²) in [7, 11) is 3.62. The van der Waals surface area contributed by atoms with Crippen LogP contribution in [0.25, 0.3) is 0 Å². The lowest BCUT2D eigenvalue weighted by Crippen LogP contribution is -2.45. The molecule has 5 heteroatoms. The molecular weight excluding hydrogens is 278 g/mol. The van der Waals surface area contributed by atoms with Gasteiger partial charge in [-0.15, -0.1) is 0 Å². The third kappa shape index (κ3) is 6.77. The zero-order valence-electron chi connectivity index (χ0n) is 14.7. The highest BCUT2D eigenvalue weighted by Gasteiger charge is 2.26. The number of hydrogen-bond donors (Lipinski definition) is 1. The second kappa shape index (κ2) is 9.82. The van der Waals surface area contributed by atoms with Crippen LogP contribution >= 0.6 is 0 Å². The number of nitrogens with one attached hydrogen (secondary N) is 1. The maximum absolute atomic E-state index is 12.1. The molecule has 1 fully saturated rings. The monoisotopic (exact) mass is 311 g/mol. The van der Waals surface area contributed by atoms with Gasteiger partial charge in [-0.1, -0.05) is 26.2 Å². The van der Waals surface area contributed by atoms with Crippen LogP contribution in [0.1, 0.15) is 52.4 Å². The van der Waals surface area contributed by atoms with Gasteiger partial charge in [0.15, 0.2) is 0 Å². The summed E-state index contributed by atoms with van der Waals surface area (Å²) in [6.45, 7) is 6.40. The Morgan fingerprint density at radius 3 is 2.41 bits per heavy atom. The molecule has 0 aliphatic carbocycles. The summed E-state index contributed by atoms with van der Waals surface area (Å²) in [6, 6.07) is 0.256. The average molecular weight is 311 g/mol. The predicted octanol–water partition coefficient (Wildman–Crippen LogP) is 1.87. The molecule has 1 heterocycles. The van der Waals surface area contributed by atoms with Gasteiger partial charge < -0.3 is 10.2 Å². The number of carbonyl (C=O) groups is 2. The molecule has 0 aromatic rings. The van der Waals surface area contributed by atoms with Gasteiger partial charge in [0.1, 0.15) is 0 Å². The van der Waals surface area contributed by atoms with Crippen LogP contribution in [0.3, 0.4) is 0 Å². The van der Waals surface area contributed by atoms with Gasteiger partial charge in [-0.25, -0.2) is 0 Å². The van der Waals surface area contributed by atoms with E-state index in [4.69, 9.17) is 0 Å². The first-order valence-electron chi connectivity index (χ1n) is 8.67. The minimum Gasteiger partial charge on any atom is -0.353 e. The molecule has 1 saturated heterocycles. The SMILES string of the molecule is CCCCCC(C)NC(=O)CN1CCC(C(=O)N(C)C)CC1. The van der Waals surface area contributed by atoms with Crippen molar-refractivity contribution in [3.05, 3.63) is 0 Å². The lowest BCUT2D eigenvalue weighted by molar-refractivity contribution is -0.134. The van der Waals surface area contributed by atoms with Gasteiger partial charge in [0, 0.05) is 26.1 Å². The molecule has 5 nitrogen and oxygen atoms in total. The van der Waals surface area contributed by atoms with Crippen LogP contribution < -0.4 is 5.32 Å². The standard InChI is InChI=1S/C17H33N3O2/c1-5-6-7-8-14(2)18-16(21)13-20-11-9-15(10-12-20)17(22)19(3)4/h14-15H,5-13H2,1-4H3,(H,18,21). The lowest BCUT2D eigenvalue weighted by Gasteiger charge is -2.32. The van der Waals surface area contributed by atoms with E-state index in [0.29, 0.717) is 6.54 Å². The van der Waals surface area contributed by atoms with Gasteiger partial charge in [-0.2, -0.15) is 0 Å². The number of rotatable bonds is 8. The number of carbonyl (C=O) groups excluding carboxylic acids is 2. The number of likely N-dealkylation sites (tertiary alicyclic amines) is 1. The molecule has 0 radical (unpaired) electrons. The van der Waals surface area contributed by atoms with E-state index in [9.17, 15) is 9.59 Å². The first-order valence-corrected chi connectivity index (χ1v) is 8.67. The molecule has 128 valence electrons. The van der Waals surface area contributed by atoms with Crippen molar-refractivity contribution in [3.63, 3.8) is 0 Å². The molecule has 1 unspecified atom stereocenters. The molecule has 1 atom stereocenters. The number of nitrogens with zero attached hydrogens (tertiary/aromatic N) is 2. The first kappa shape index (κ1) is 18.9. The quantitative estimate of drug-likeness (QED) is 0.696.